The summed E-state index contributed by atoms with van der Waals surface area (Å²) in [5.74, 6) is 2.17. The molecule has 2 fully saturated rings. The highest BCUT2D eigenvalue weighted by Gasteiger charge is 2.43. The van der Waals surface area contributed by atoms with E-state index < -0.39 is 0 Å². The van der Waals surface area contributed by atoms with Gasteiger partial charge in [-0.05, 0) is 54.4 Å². The van der Waals surface area contributed by atoms with Crippen molar-refractivity contribution in [3.05, 3.63) is 59.2 Å². The van der Waals surface area contributed by atoms with Crippen LogP contribution in [0.4, 0.5) is 5.95 Å². The molecule has 34 heavy (non-hydrogen) atoms. The van der Waals surface area contributed by atoms with Crippen molar-refractivity contribution in [3.63, 3.8) is 0 Å². The van der Waals surface area contributed by atoms with Crippen LogP contribution < -0.4 is 10.6 Å². The number of rotatable bonds is 6. The molecule has 1 aliphatic heterocycles. The average Bonchev–Trinajstić information content (AvgIpc) is 3.52. The zero-order valence-corrected chi connectivity index (χ0v) is 19.6. The average molecular weight is 459 g/mol. The lowest BCUT2D eigenvalue weighted by Gasteiger charge is -2.22. The third-order valence-electron chi connectivity index (χ3n) is 6.98. The molecule has 1 saturated heterocycles. The second-order valence-corrected chi connectivity index (χ2v) is 10.0. The maximum atomic E-state index is 13.0. The van der Waals surface area contributed by atoms with Crippen molar-refractivity contribution < 1.29 is 9.53 Å². The predicted octanol–water partition coefficient (Wildman–Crippen LogP) is 3.65. The molecule has 3 aromatic rings. The SMILES string of the molecule is CC(C)CNc1ncc2c(n1)C1C[C@@H]1C=C2c1ccn2ncc(C(=O)NC3CCOCC3)c2c1. The summed E-state index contributed by atoms with van der Waals surface area (Å²) in [7, 11) is 0. The molecule has 176 valence electrons. The van der Waals surface area contributed by atoms with E-state index in [2.05, 4.69) is 52.8 Å². The van der Waals surface area contributed by atoms with E-state index in [1.54, 1.807) is 10.7 Å². The van der Waals surface area contributed by atoms with Crippen LogP contribution in [0.15, 0.2) is 36.8 Å². The van der Waals surface area contributed by atoms with Crippen LogP contribution in [0.3, 0.4) is 0 Å². The number of anilines is 1. The molecule has 0 aromatic carbocycles. The number of carbonyl (C=O) groups excluding carboxylic acids is 1. The van der Waals surface area contributed by atoms with Crippen molar-refractivity contribution >= 4 is 22.9 Å². The fourth-order valence-electron chi connectivity index (χ4n) is 4.96. The summed E-state index contributed by atoms with van der Waals surface area (Å²) in [6.07, 6.45) is 10.7. The van der Waals surface area contributed by atoms with Gasteiger partial charge in [0, 0.05) is 49.7 Å². The van der Waals surface area contributed by atoms with Gasteiger partial charge in [-0.2, -0.15) is 5.10 Å². The minimum Gasteiger partial charge on any atom is -0.381 e. The number of pyridine rings is 1. The number of hydrogen-bond acceptors (Lipinski definition) is 6. The molecule has 0 spiro atoms. The molecule has 2 aliphatic carbocycles. The Hall–Kier alpha value is -3.26. The van der Waals surface area contributed by atoms with Crippen LogP contribution in [0, 0.1) is 11.8 Å². The van der Waals surface area contributed by atoms with Gasteiger partial charge in [-0.1, -0.05) is 19.9 Å². The van der Waals surface area contributed by atoms with Crippen molar-refractivity contribution in [2.75, 3.05) is 25.1 Å². The van der Waals surface area contributed by atoms with Crippen molar-refractivity contribution in [2.24, 2.45) is 11.8 Å². The van der Waals surface area contributed by atoms with E-state index in [0.29, 0.717) is 42.5 Å². The molecule has 8 heteroatoms. The monoisotopic (exact) mass is 458 g/mol. The van der Waals surface area contributed by atoms with Gasteiger partial charge < -0.3 is 15.4 Å². The summed E-state index contributed by atoms with van der Waals surface area (Å²) in [5.41, 5.74) is 5.83. The van der Waals surface area contributed by atoms with Crippen molar-refractivity contribution in [1.82, 2.24) is 24.9 Å². The van der Waals surface area contributed by atoms with Crippen LogP contribution in [0.2, 0.25) is 0 Å². The molecule has 2 atom stereocenters. The number of hydrogen-bond donors (Lipinski definition) is 2. The Balaban J connectivity index is 1.31. The van der Waals surface area contributed by atoms with Crippen LogP contribution in [0.1, 0.15) is 66.2 Å². The quantitative estimate of drug-likeness (QED) is 0.586. The molecule has 3 aromatic heterocycles. The molecule has 1 saturated carbocycles. The van der Waals surface area contributed by atoms with Gasteiger partial charge in [-0.25, -0.2) is 14.5 Å². The number of amides is 1. The van der Waals surface area contributed by atoms with Crippen molar-refractivity contribution in [1.29, 1.82) is 0 Å². The van der Waals surface area contributed by atoms with Crippen LogP contribution in [-0.2, 0) is 4.74 Å². The number of nitrogens with one attached hydrogen (secondary N) is 2. The highest BCUT2D eigenvalue weighted by atomic mass is 16.5. The summed E-state index contributed by atoms with van der Waals surface area (Å²) in [6.45, 7) is 6.58. The molecule has 3 aliphatic rings. The number of carbonyl (C=O) groups is 1. The van der Waals surface area contributed by atoms with Crippen LogP contribution in [-0.4, -0.2) is 51.3 Å². The highest BCUT2D eigenvalue weighted by Crippen LogP contribution is 2.55. The Morgan fingerprint density at radius 3 is 2.94 bits per heavy atom. The van der Waals surface area contributed by atoms with Crippen molar-refractivity contribution in [3.8, 4) is 0 Å². The van der Waals surface area contributed by atoms with Crippen molar-refractivity contribution in [2.45, 2.75) is 45.1 Å². The maximum Gasteiger partial charge on any atom is 0.255 e. The van der Waals surface area contributed by atoms with Gasteiger partial charge in [0.15, 0.2) is 0 Å². The normalized spacial score (nSPS) is 21.7. The van der Waals surface area contributed by atoms with E-state index >= 15 is 0 Å². The lowest BCUT2D eigenvalue weighted by molar-refractivity contribution is 0.0697. The third kappa shape index (κ3) is 3.96. The Morgan fingerprint density at radius 2 is 2.12 bits per heavy atom. The predicted molar refractivity (Wildman–Crippen MR) is 130 cm³/mol. The highest BCUT2D eigenvalue weighted by molar-refractivity contribution is 6.01. The van der Waals surface area contributed by atoms with Crippen LogP contribution in [0.25, 0.3) is 11.1 Å². The van der Waals surface area contributed by atoms with Gasteiger partial charge in [0.1, 0.15) is 0 Å². The molecule has 1 amide bonds. The van der Waals surface area contributed by atoms with E-state index in [1.807, 2.05) is 12.4 Å². The molecular formula is C26H30N6O2. The number of aromatic nitrogens is 4. The maximum absolute atomic E-state index is 13.0. The Kier molecular flexibility index (Phi) is 5.32. The summed E-state index contributed by atoms with van der Waals surface area (Å²) in [4.78, 5) is 22.5. The Labute approximate surface area is 198 Å². The molecule has 1 unspecified atom stereocenters. The Bertz CT molecular complexity index is 1270. The number of allylic oxidation sites excluding steroid dienone is 1. The lowest BCUT2D eigenvalue weighted by Crippen LogP contribution is -2.38. The second kappa shape index (κ2) is 8.51. The summed E-state index contributed by atoms with van der Waals surface area (Å²) in [5, 5.41) is 10.9. The lowest BCUT2D eigenvalue weighted by atomic mass is 9.91. The first-order chi connectivity index (χ1) is 16.6. The first-order valence-corrected chi connectivity index (χ1v) is 12.3. The van der Waals surface area contributed by atoms with E-state index in [-0.39, 0.29) is 11.9 Å². The molecule has 6 rings (SSSR count). The smallest absolute Gasteiger partial charge is 0.255 e. The molecular weight excluding hydrogens is 428 g/mol. The van der Waals surface area contributed by atoms with Gasteiger partial charge in [0.25, 0.3) is 5.91 Å². The minimum atomic E-state index is -0.0801. The number of fused-ring (bicyclic) bond motifs is 4. The van der Waals surface area contributed by atoms with Gasteiger partial charge in [0.05, 0.1) is 23.0 Å². The third-order valence-corrected chi connectivity index (χ3v) is 6.98. The van der Waals surface area contributed by atoms with E-state index in [1.165, 1.54) is 0 Å². The molecule has 8 nitrogen and oxygen atoms in total. The van der Waals surface area contributed by atoms with E-state index in [9.17, 15) is 4.79 Å². The second-order valence-electron chi connectivity index (χ2n) is 10.0. The Morgan fingerprint density at radius 1 is 1.26 bits per heavy atom. The molecule has 0 bridgehead atoms. The molecule has 4 heterocycles. The first kappa shape index (κ1) is 21.3. The van der Waals surface area contributed by atoms with Crippen LogP contribution in [0.5, 0.6) is 0 Å². The largest absolute Gasteiger partial charge is 0.381 e. The standard InChI is InChI=1S/C26H30N6O2/c1-15(2)12-27-26-28-13-21-19(9-17-10-20(17)24(21)31-26)16-3-6-32-23(11-16)22(14-29-32)25(33)30-18-4-7-34-8-5-18/h3,6,9,11,13-15,17-18,20H,4-5,7-8,10,12H2,1-2H3,(H,30,33)(H,27,28,31)/t17-,20?/m0/s1. The molecule has 0 radical (unpaired) electrons. The van der Waals surface area contributed by atoms with Gasteiger partial charge in [0.2, 0.25) is 5.95 Å². The summed E-state index contributed by atoms with van der Waals surface area (Å²) >= 11 is 0. The van der Waals surface area contributed by atoms with E-state index in [0.717, 1.165) is 53.7 Å². The fraction of sp³-hybridized carbons (Fsp3) is 0.462. The number of nitrogens with zero attached hydrogens (tertiary/aromatic N) is 4. The van der Waals surface area contributed by atoms with Gasteiger partial charge >= 0.3 is 0 Å². The topological polar surface area (TPSA) is 93.4 Å². The fourth-order valence-corrected chi connectivity index (χ4v) is 4.96. The van der Waals surface area contributed by atoms with Gasteiger partial charge in [-0.15, -0.1) is 0 Å². The van der Waals surface area contributed by atoms with Gasteiger partial charge in [-0.3, -0.25) is 4.79 Å². The summed E-state index contributed by atoms with van der Waals surface area (Å²) < 4.78 is 7.17. The number of ether oxygens (including phenoxy) is 1. The van der Waals surface area contributed by atoms with E-state index in [4.69, 9.17) is 9.72 Å². The first-order valence-electron chi connectivity index (χ1n) is 12.3. The van der Waals surface area contributed by atoms with Crippen LogP contribution >= 0.6 is 0 Å². The zero-order valence-electron chi connectivity index (χ0n) is 19.6. The molecule has 2 N–H and O–H groups in total. The zero-order chi connectivity index (χ0) is 23.2. The summed E-state index contributed by atoms with van der Waals surface area (Å²) in [6, 6.07) is 4.27. The minimum absolute atomic E-state index is 0.0801.